The zero-order valence-corrected chi connectivity index (χ0v) is 15.8. The first-order valence-corrected chi connectivity index (χ1v) is 8.57. The molecule has 1 heterocycles. The number of methoxy groups -OCH3 is 2. The van der Waals surface area contributed by atoms with Gasteiger partial charge in [-0.3, -0.25) is 4.79 Å². The van der Waals surface area contributed by atoms with Crippen LogP contribution in [0.4, 0.5) is 0 Å². The quantitative estimate of drug-likeness (QED) is 0.461. The first-order chi connectivity index (χ1) is 13.5. The summed E-state index contributed by atoms with van der Waals surface area (Å²) in [5.41, 5.74) is 1.95. The first kappa shape index (κ1) is 19.2. The van der Waals surface area contributed by atoms with E-state index in [0.717, 1.165) is 5.69 Å². The van der Waals surface area contributed by atoms with Gasteiger partial charge < -0.3 is 14.2 Å². The maximum Gasteiger partial charge on any atom is 0.363 e. The molecular formula is C21H20N2O5. The Labute approximate surface area is 162 Å². The van der Waals surface area contributed by atoms with Crippen molar-refractivity contribution in [1.29, 1.82) is 0 Å². The van der Waals surface area contributed by atoms with E-state index in [9.17, 15) is 9.59 Å². The predicted octanol–water partition coefficient (Wildman–Crippen LogP) is 3.45. The highest BCUT2D eigenvalue weighted by Crippen LogP contribution is 2.24. The molecule has 0 saturated carbocycles. The van der Waals surface area contributed by atoms with Crippen LogP contribution in [-0.4, -0.2) is 35.8 Å². The number of ketones is 1. The molecule has 0 radical (unpaired) electrons. The van der Waals surface area contributed by atoms with Crippen molar-refractivity contribution in [1.82, 2.24) is 9.78 Å². The third-order valence-corrected chi connectivity index (χ3v) is 4.16. The summed E-state index contributed by atoms with van der Waals surface area (Å²) in [5, 5.41) is 4.28. The fourth-order valence-corrected chi connectivity index (χ4v) is 2.68. The SMILES string of the molecule is COc1ccc(C(C)=O)cc1COC(=O)c1nn(-c2ccccc2)cc1OC. The van der Waals surface area contributed by atoms with E-state index < -0.39 is 5.97 Å². The predicted molar refractivity (Wildman–Crippen MR) is 102 cm³/mol. The van der Waals surface area contributed by atoms with Crippen molar-refractivity contribution < 1.29 is 23.8 Å². The van der Waals surface area contributed by atoms with Crippen molar-refractivity contribution in [2.45, 2.75) is 13.5 Å². The molecule has 0 unspecified atom stereocenters. The van der Waals surface area contributed by atoms with Crippen LogP contribution in [0.25, 0.3) is 5.69 Å². The molecule has 3 aromatic rings. The normalized spacial score (nSPS) is 10.4. The van der Waals surface area contributed by atoms with Crippen molar-refractivity contribution in [3.63, 3.8) is 0 Å². The van der Waals surface area contributed by atoms with Crippen LogP contribution < -0.4 is 9.47 Å². The summed E-state index contributed by atoms with van der Waals surface area (Å²) in [6, 6.07) is 14.3. The van der Waals surface area contributed by atoms with Crippen LogP contribution in [-0.2, 0) is 11.3 Å². The smallest absolute Gasteiger partial charge is 0.363 e. The zero-order valence-electron chi connectivity index (χ0n) is 15.8. The van der Waals surface area contributed by atoms with E-state index in [-0.39, 0.29) is 18.1 Å². The van der Waals surface area contributed by atoms with Crippen LogP contribution >= 0.6 is 0 Å². The number of nitrogens with zero attached hydrogens (tertiary/aromatic N) is 2. The number of benzene rings is 2. The van der Waals surface area contributed by atoms with Gasteiger partial charge in [-0.05, 0) is 37.3 Å². The van der Waals surface area contributed by atoms with E-state index >= 15 is 0 Å². The minimum absolute atomic E-state index is 0.0630. The maximum atomic E-state index is 12.6. The summed E-state index contributed by atoms with van der Waals surface area (Å²) in [5.74, 6) is 0.109. The van der Waals surface area contributed by atoms with Gasteiger partial charge in [0.25, 0.3) is 0 Å². The molecule has 7 nitrogen and oxygen atoms in total. The number of rotatable bonds is 7. The van der Waals surface area contributed by atoms with E-state index in [1.54, 1.807) is 29.1 Å². The standard InChI is InChI=1S/C21H20N2O5/c1-14(24)15-9-10-18(26-2)16(11-15)13-28-21(25)20-19(27-3)12-23(22-20)17-7-5-4-6-8-17/h4-12H,13H2,1-3H3. The minimum Gasteiger partial charge on any atom is -0.496 e. The van der Waals surface area contributed by atoms with Crippen LogP contribution in [0.2, 0.25) is 0 Å². The third-order valence-electron chi connectivity index (χ3n) is 4.16. The lowest BCUT2D eigenvalue weighted by molar-refractivity contribution is 0.0459. The summed E-state index contributed by atoms with van der Waals surface area (Å²) >= 11 is 0. The molecule has 0 atom stereocenters. The van der Waals surface area contributed by atoms with Crippen molar-refractivity contribution in [2.24, 2.45) is 0 Å². The van der Waals surface area contributed by atoms with Gasteiger partial charge in [0.1, 0.15) is 12.4 Å². The van der Waals surface area contributed by atoms with Crippen molar-refractivity contribution in [3.05, 3.63) is 71.5 Å². The Bertz CT molecular complexity index is 995. The van der Waals surface area contributed by atoms with Crippen LogP contribution in [0.15, 0.2) is 54.7 Å². The minimum atomic E-state index is -0.637. The molecule has 0 N–H and O–H groups in total. The number of hydrogen-bond acceptors (Lipinski definition) is 6. The van der Waals surface area contributed by atoms with Gasteiger partial charge in [-0.25, -0.2) is 9.48 Å². The van der Waals surface area contributed by atoms with Gasteiger partial charge in [0.05, 0.1) is 26.1 Å². The van der Waals surface area contributed by atoms with Gasteiger partial charge in [0, 0.05) is 11.1 Å². The Morgan fingerprint density at radius 1 is 1.00 bits per heavy atom. The van der Waals surface area contributed by atoms with Crippen LogP contribution in [0.1, 0.15) is 33.3 Å². The highest BCUT2D eigenvalue weighted by molar-refractivity contribution is 5.94. The summed E-state index contributed by atoms with van der Waals surface area (Å²) in [7, 11) is 2.97. The average Bonchev–Trinajstić information content (AvgIpc) is 3.17. The first-order valence-electron chi connectivity index (χ1n) is 8.57. The largest absolute Gasteiger partial charge is 0.496 e. The number of carbonyl (C=O) groups is 2. The van der Waals surface area contributed by atoms with Gasteiger partial charge in [-0.1, -0.05) is 18.2 Å². The molecule has 1 aromatic heterocycles. The lowest BCUT2D eigenvalue weighted by Crippen LogP contribution is -2.09. The molecule has 7 heteroatoms. The van der Waals surface area contributed by atoms with Gasteiger partial charge in [-0.15, -0.1) is 0 Å². The van der Waals surface area contributed by atoms with E-state index in [4.69, 9.17) is 14.2 Å². The molecule has 144 valence electrons. The molecular weight excluding hydrogens is 360 g/mol. The van der Waals surface area contributed by atoms with Crippen LogP contribution in [0.5, 0.6) is 11.5 Å². The monoisotopic (exact) mass is 380 g/mol. The van der Waals surface area contributed by atoms with Crippen molar-refractivity contribution in [2.75, 3.05) is 14.2 Å². The summed E-state index contributed by atoms with van der Waals surface area (Å²) in [6.07, 6.45) is 1.61. The molecule has 0 amide bonds. The topological polar surface area (TPSA) is 79.7 Å². The molecule has 0 aliphatic rings. The molecule has 28 heavy (non-hydrogen) atoms. The van der Waals surface area contributed by atoms with Crippen LogP contribution in [0.3, 0.4) is 0 Å². The zero-order chi connectivity index (χ0) is 20.1. The lowest BCUT2D eigenvalue weighted by Gasteiger charge is -2.10. The van der Waals surface area contributed by atoms with E-state index in [1.807, 2.05) is 30.3 Å². The average molecular weight is 380 g/mol. The maximum absolute atomic E-state index is 12.6. The second kappa shape index (κ2) is 8.39. The molecule has 0 bridgehead atoms. The van der Waals surface area contributed by atoms with E-state index in [0.29, 0.717) is 22.6 Å². The number of Topliss-reactive ketones (excluding diaryl/α,β-unsaturated/α-hetero) is 1. The number of carbonyl (C=O) groups excluding carboxylic acids is 2. The molecule has 2 aromatic carbocycles. The third kappa shape index (κ3) is 4.03. The van der Waals surface area contributed by atoms with Gasteiger partial charge in [0.2, 0.25) is 5.69 Å². The number of aromatic nitrogens is 2. The van der Waals surface area contributed by atoms with Crippen molar-refractivity contribution >= 4 is 11.8 Å². The Morgan fingerprint density at radius 2 is 1.71 bits per heavy atom. The molecule has 0 spiro atoms. The Balaban J connectivity index is 1.81. The fraction of sp³-hybridized carbons (Fsp3) is 0.190. The second-order valence-electron chi connectivity index (χ2n) is 5.99. The molecule has 0 aliphatic heterocycles. The molecule has 3 rings (SSSR count). The Kier molecular flexibility index (Phi) is 5.74. The highest BCUT2D eigenvalue weighted by Gasteiger charge is 2.20. The van der Waals surface area contributed by atoms with Gasteiger partial charge in [0.15, 0.2) is 11.5 Å². The number of para-hydroxylation sites is 1. The van der Waals surface area contributed by atoms with E-state index in [2.05, 4.69) is 5.10 Å². The van der Waals surface area contributed by atoms with Gasteiger partial charge in [-0.2, -0.15) is 5.10 Å². The second-order valence-corrected chi connectivity index (χ2v) is 5.99. The van der Waals surface area contributed by atoms with Gasteiger partial charge >= 0.3 is 5.97 Å². The molecule has 0 saturated heterocycles. The summed E-state index contributed by atoms with van der Waals surface area (Å²) < 4.78 is 17.5. The number of esters is 1. The number of hydrogen-bond donors (Lipinski definition) is 0. The van der Waals surface area contributed by atoms with Crippen LogP contribution in [0, 0.1) is 0 Å². The summed E-state index contributed by atoms with van der Waals surface area (Å²) in [4.78, 5) is 24.2. The fourth-order valence-electron chi connectivity index (χ4n) is 2.68. The molecule has 0 fully saturated rings. The Hall–Kier alpha value is -3.61. The van der Waals surface area contributed by atoms with E-state index in [1.165, 1.54) is 21.1 Å². The summed E-state index contributed by atoms with van der Waals surface area (Å²) in [6.45, 7) is 1.41. The number of ether oxygens (including phenoxy) is 3. The highest BCUT2D eigenvalue weighted by atomic mass is 16.5. The van der Waals surface area contributed by atoms with Crippen molar-refractivity contribution in [3.8, 4) is 17.2 Å². The Morgan fingerprint density at radius 3 is 2.36 bits per heavy atom. The molecule has 0 aliphatic carbocycles. The lowest BCUT2D eigenvalue weighted by atomic mass is 10.1.